The normalized spacial score (nSPS) is 15.3. The van der Waals surface area contributed by atoms with Crippen LogP contribution < -0.4 is 14.8 Å². The summed E-state index contributed by atoms with van der Waals surface area (Å²) in [7, 11) is 1.61. The number of carbonyl (C=O) groups is 2. The van der Waals surface area contributed by atoms with E-state index in [0.29, 0.717) is 54.8 Å². The van der Waals surface area contributed by atoms with Crippen LogP contribution in [0.4, 0.5) is 10.5 Å². The van der Waals surface area contributed by atoms with Crippen LogP contribution in [0, 0.1) is 5.92 Å². The molecule has 1 fully saturated rings. The van der Waals surface area contributed by atoms with E-state index in [-0.39, 0.29) is 0 Å². The Balaban J connectivity index is 1.58. The fourth-order valence-corrected chi connectivity index (χ4v) is 3.43. The molecule has 188 valence electrons. The summed E-state index contributed by atoms with van der Waals surface area (Å²) in [6.07, 6.45) is 2.19. The molecule has 3 rings (SSSR count). The van der Waals surface area contributed by atoms with E-state index in [4.69, 9.17) is 18.9 Å². The lowest BCUT2D eigenvalue weighted by Gasteiger charge is -2.21. The average Bonchev–Trinajstić information content (AvgIpc) is 3.28. The first-order valence-electron chi connectivity index (χ1n) is 11.8. The Morgan fingerprint density at radius 2 is 1.94 bits per heavy atom. The van der Waals surface area contributed by atoms with Crippen LogP contribution in [-0.2, 0) is 9.47 Å². The topological polar surface area (TPSA) is 98.7 Å². The number of nitrogens with one attached hydrogen (secondary N) is 1. The quantitative estimate of drug-likeness (QED) is 0.379. The molecule has 0 saturated carbocycles. The van der Waals surface area contributed by atoms with Gasteiger partial charge in [0.25, 0.3) is 0 Å². The standard InChI is InChI=1S/C26H33N3O6/c1-5-33-25(30)20-9-11-21(12-10-20)28-26(31)35-24-7-6-14-29(24)27-16-19-8-13-22(32-4)23(15-19)34-17-18(2)3/h8-13,15-16,18,24H,5-7,14,17H2,1-4H3,(H,28,31). The van der Waals surface area contributed by atoms with Crippen molar-refractivity contribution in [3.8, 4) is 11.5 Å². The maximum Gasteiger partial charge on any atom is 0.413 e. The summed E-state index contributed by atoms with van der Waals surface area (Å²) in [5.41, 5.74) is 1.78. The highest BCUT2D eigenvalue weighted by Gasteiger charge is 2.26. The number of hydrazone groups is 1. The van der Waals surface area contributed by atoms with Crippen LogP contribution in [0.25, 0.3) is 0 Å². The highest BCUT2D eigenvalue weighted by atomic mass is 16.6. The number of nitrogens with zero attached hydrogens (tertiary/aromatic N) is 2. The molecule has 1 amide bonds. The van der Waals surface area contributed by atoms with Gasteiger partial charge in [0.1, 0.15) is 0 Å². The van der Waals surface area contributed by atoms with E-state index < -0.39 is 18.3 Å². The van der Waals surface area contributed by atoms with Crippen molar-refractivity contribution in [3.05, 3.63) is 53.6 Å². The maximum atomic E-state index is 12.4. The number of carbonyl (C=O) groups excluding carboxylic acids is 2. The lowest BCUT2D eigenvalue weighted by Crippen LogP contribution is -2.31. The summed E-state index contributed by atoms with van der Waals surface area (Å²) in [6, 6.07) is 12.0. The first-order chi connectivity index (χ1) is 16.9. The summed E-state index contributed by atoms with van der Waals surface area (Å²) in [5, 5.41) is 8.97. The smallest absolute Gasteiger partial charge is 0.413 e. The van der Waals surface area contributed by atoms with Gasteiger partial charge < -0.3 is 18.9 Å². The molecular weight excluding hydrogens is 450 g/mol. The van der Waals surface area contributed by atoms with Crippen molar-refractivity contribution in [2.45, 2.75) is 39.8 Å². The molecule has 0 spiro atoms. The zero-order valence-electron chi connectivity index (χ0n) is 20.7. The molecule has 0 aliphatic carbocycles. The van der Waals surface area contributed by atoms with Gasteiger partial charge in [0.05, 0.1) is 32.1 Å². The number of esters is 1. The van der Waals surface area contributed by atoms with Gasteiger partial charge in [-0.05, 0) is 67.3 Å². The molecule has 35 heavy (non-hydrogen) atoms. The van der Waals surface area contributed by atoms with Crippen LogP contribution >= 0.6 is 0 Å². The second-order valence-corrected chi connectivity index (χ2v) is 8.45. The molecule has 1 saturated heterocycles. The fourth-order valence-electron chi connectivity index (χ4n) is 3.43. The summed E-state index contributed by atoms with van der Waals surface area (Å²) < 4.78 is 21.8. The fraction of sp³-hybridized carbons (Fsp3) is 0.423. The van der Waals surface area contributed by atoms with Gasteiger partial charge in [0.2, 0.25) is 0 Å². The minimum atomic E-state index is -0.588. The predicted molar refractivity (Wildman–Crippen MR) is 133 cm³/mol. The number of ether oxygens (including phenoxy) is 4. The van der Waals surface area contributed by atoms with Crippen LogP contribution in [0.1, 0.15) is 49.5 Å². The van der Waals surface area contributed by atoms with Crippen molar-refractivity contribution in [2.24, 2.45) is 11.0 Å². The second-order valence-electron chi connectivity index (χ2n) is 8.45. The predicted octanol–water partition coefficient (Wildman–Crippen LogP) is 4.91. The van der Waals surface area contributed by atoms with E-state index in [2.05, 4.69) is 24.3 Å². The number of amides is 1. The van der Waals surface area contributed by atoms with E-state index >= 15 is 0 Å². The molecular formula is C26H33N3O6. The molecule has 1 N–H and O–H groups in total. The summed E-state index contributed by atoms with van der Waals surface area (Å²) in [5.74, 6) is 1.31. The molecule has 1 aliphatic rings. The van der Waals surface area contributed by atoms with Gasteiger partial charge in [-0.2, -0.15) is 5.10 Å². The van der Waals surface area contributed by atoms with Crippen LogP contribution in [0.15, 0.2) is 47.6 Å². The first kappa shape index (κ1) is 25.9. The van der Waals surface area contributed by atoms with Gasteiger partial charge in [-0.25, -0.2) is 9.59 Å². The van der Waals surface area contributed by atoms with Crippen molar-refractivity contribution < 1.29 is 28.5 Å². The van der Waals surface area contributed by atoms with Crippen molar-refractivity contribution in [1.82, 2.24) is 5.01 Å². The highest BCUT2D eigenvalue weighted by molar-refractivity contribution is 5.91. The van der Waals surface area contributed by atoms with Crippen molar-refractivity contribution in [2.75, 3.05) is 32.2 Å². The van der Waals surface area contributed by atoms with E-state index in [1.54, 1.807) is 49.5 Å². The van der Waals surface area contributed by atoms with Gasteiger partial charge in [0.15, 0.2) is 17.7 Å². The van der Waals surface area contributed by atoms with Crippen molar-refractivity contribution >= 4 is 24.0 Å². The minimum Gasteiger partial charge on any atom is -0.493 e. The molecule has 2 aromatic rings. The molecule has 2 aromatic carbocycles. The van der Waals surface area contributed by atoms with Crippen LogP contribution in [0.5, 0.6) is 11.5 Å². The highest BCUT2D eigenvalue weighted by Crippen LogP contribution is 2.28. The van der Waals surface area contributed by atoms with Crippen LogP contribution in [-0.4, -0.2) is 56.4 Å². The lowest BCUT2D eigenvalue weighted by atomic mass is 10.2. The van der Waals surface area contributed by atoms with Gasteiger partial charge in [-0.1, -0.05) is 13.8 Å². The van der Waals surface area contributed by atoms with Gasteiger partial charge in [-0.3, -0.25) is 10.3 Å². The number of hydrogen-bond donors (Lipinski definition) is 1. The molecule has 1 atom stereocenters. The Labute approximate surface area is 206 Å². The van der Waals surface area contributed by atoms with Crippen LogP contribution in [0.3, 0.4) is 0 Å². The van der Waals surface area contributed by atoms with Gasteiger partial charge in [0, 0.05) is 18.7 Å². The number of benzene rings is 2. The van der Waals surface area contributed by atoms with Crippen molar-refractivity contribution in [3.63, 3.8) is 0 Å². The second kappa shape index (κ2) is 12.6. The number of rotatable bonds is 10. The molecule has 1 heterocycles. The molecule has 0 aromatic heterocycles. The Morgan fingerprint density at radius 1 is 1.17 bits per heavy atom. The SMILES string of the molecule is CCOC(=O)c1ccc(NC(=O)OC2CCCN2N=Cc2ccc(OC)c(OCC(C)C)c2)cc1. The number of hydrogen-bond acceptors (Lipinski definition) is 8. The van der Waals surface area contributed by atoms with Crippen LogP contribution in [0.2, 0.25) is 0 Å². The minimum absolute atomic E-state index is 0.303. The zero-order chi connectivity index (χ0) is 25.2. The van der Waals surface area contributed by atoms with E-state index in [1.165, 1.54) is 0 Å². The molecule has 0 bridgehead atoms. The first-order valence-corrected chi connectivity index (χ1v) is 11.8. The average molecular weight is 484 g/mol. The Hall–Kier alpha value is -3.75. The van der Waals surface area contributed by atoms with E-state index in [9.17, 15) is 9.59 Å². The molecule has 9 nitrogen and oxygen atoms in total. The summed E-state index contributed by atoms with van der Waals surface area (Å²) >= 11 is 0. The number of anilines is 1. The largest absolute Gasteiger partial charge is 0.493 e. The third kappa shape index (κ3) is 7.63. The Bertz CT molecular complexity index is 1020. The van der Waals surface area contributed by atoms with Crippen molar-refractivity contribution in [1.29, 1.82) is 0 Å². The lowest BCUT2D eigenvalue weighted by molar-refractivity contribution is 0.0225. The van der Waals surface area contributed by atoms with E-state index in [1.807, 2.05) is 18.2 Å². The number of methoxy groups -OCH3 is 1. The molecule has 1 aliphatic heterocycles. The van der Waals surface area contributed by atoms with Gasteiger partial charge >= 0.3 is 12.1 Å². The van der Waals surface area contributed by atoms with Gasteiger partial charge in [-0.15, -0.1) is 0 Å². The third-order valence-corrected chi connectivity index (χ3v) is 5.17. The molecule has 1 unspecified atom stereocenters. The molecule has 9 heteroatoms. The maximum absolute atomic E-state index is 12.4. The Kier molecular flexibility index (Phi) is 9.34. The van der Waals surface area contributed by atoms with E-state index in [0.717, 1.165) is 12.0 Å². The zero-order valence-corrected chi connectivity index (χ0v) is 20.7. The Morgan fingerprint density at radius 3 is 2.63 bits per heavy atom. The summed E-state index contributed by atoms with van der Waals surface area (Å²) in [4.78, 5) is 24.2. The molecule has 0 radical (unpaired) electrons. The third-order valence-electron chi connectivity index (χ3n) is 5.17. The summed E-state index contributed by atoms with van der Waals surface area (Å²) in [6.45, 7) is 7.48. The monoisotopic (exact) mass is 483 g/mol.